The van der Waals surface area contributed by atoms with Crippen molar-refractivity contribution >= 4 is 59.1 Å². The second kappa shape index (κ2) is 29.3. The first kappa shape index (κ1) is 38.6. The summed E-state index contributed by atoms with van der Waals surface area (Å²) in [7, 11) is 1.00. The van der Waals surface area contributed by atoms with Gasteiger partial charge in [-0.15, -0.1) is 0 Å². The molecule has 8 nitrogen and oxygen atoms in total. The zero-order valence-corrected chi connectivity index (χ0v) is 23.0. The molecular formula is C27H27N6NiO2S2+. The molecule has 0 aliphatic carbocycles. The van der Waals surface area contributed by atoms with Crippen molar-refractivity contribution < 1.29 is 27.1 Å². The molecule has 0 aromatic carbocycles. The largest absolute Gasteiger partial charge is 2.00 e. The molecule has 0 amide bonds. The van der Waals surface area contributed by atoms with Crippen LogP contribution in [0.15, 0.2) is 97.8 Å². The number of aromatic nitrogens is 4. The number of nitrogens with zero attached hydrogens (tertiary/aromatic N) is 6. The molecule has 0 saturated heterocycles. The van der Waals surface area contributed by atoms with Crippen LogP contribution in [0.2, 0.25) is 0 Å². The van der Waals surface area contributed by atoms with Crippen LogP contribution >= 0.6 is 24.4 Å². The predicted molar refractivity (Wildman–Crippen MR) is 160 cm³/mol. The molecule has 0 spiro atoms. The summed E-state index contributed by atoms with van der Waals surface area (Å²) in [5.41, 5.74) is 4.19. The third-order valence-electron chi connectivity index (χ3n) is 3.68. The first-order valence-electron chi connectivity index (χ1n) is 10.2. The Morgan fingerprint density at radius 1 is 0.605 bits per heavy atom. The van der Waals surface area contributed by atoms with E-state index in [0.29, 0.717) is 0 Å². The molecule has 4 rings (SSSR count). The Hall–Kier alpha value is -3.91. The topological polar surface area (TPSA) is 149 Å². The van der Waals surface area contributed by atoms with Gasteiger partial charge in [0.1, 0.15) is 0 Å². The van der Waals surface area contributed by atoms with Crippen LogP contribution in [0.1, 0.15) is 22.5 Å². The number of aliphatic hydroxyl groups is 1. The second-order valence-electron chi connectivity index (χ2n) is 5.92. The molecule has 4 aromatic rings. The van der Waals surface area contributed by atoms with E-state index in [-0.39, 0.29) is 22.0 Å². The molecule has 4 aromatic heterocycles. The van der Waals surface area contributed by atoms with Gasteiger partial charge in [-0.1, -0.05) is 48.7 Å². The Balaban J connectivity index is -0.000000487. The molecule has 0 unspecified atom stereocenters. The van der Waals surface area contributed by atoms with Crippen LogP contribution in [0.5, 0.6) is 0 Å². The molecule has 198 valence electrons. The summed E-state index contributed by atoms with van der Waals surface area (Å²) >= 11 is 7.40. The fourth-order valence-corrected chi connectivity index (χ4v) is 2.26. The van der Waals surface area contributed by atoms with E-state index in [0.717, 1.165) is 29.6 Å². The molecule has 0 aliphatic heterocycles. The molecule has 0 bridgehead atoms. The van der Waals surface area contributed by atoms with E-state index in [9.17, 15) is 0 Å². The van der Waals surface area contributed by atoms with Gasteiger partial charge in [-0.2, -0.15) is 10.3 Å². The number of thiocarbonyl (C=S) groups is 2. The molecule has 0 saturated carbocycles. The summed E-state index contributed by atoms with van der Waals surface area (Å²) in [6.07, 6.45) is 18.7. The fraction of sp³-hybridized carbons (Fsp3) is 0.0370. The standard InChI is InChI=1S/2C12H10N2.2CNS.CH4O.Ni.H2O/c2*1-2-8-14-12(3-1)5-4-11-6-9-13-10-7-11;2*2-1-3;1-2;;/h2*1-10H;;;2H,1H3;;1H2/q;;2*-1;;+2;/p+1/b2*5-4+;;;;;. The quantitative estimate of drug-likeness (QED) is 0.147. The van der Waals surface area contributed by atoms with Crippen molar-refractivity contribution in [1.82, 2.24) is 19.9 Å². The van der Waals surface area contributed by atoms with Crippen molar-refractivity contribution in [2.75, 3.05) is 7.11 Å². The average Bonchev–Trinajstić information content (AvgIpc) is 2.95. The molecule has 0 fully saturated rings. The smallest absolute Gasteiger partial charge is 0.753 e. The van der Waals surface area contributed by atoms with Gasteiger partial charge in [-0.25, -0.2) is 0 Å². The Morgan fingerprint density at radius 3 is 1.18 bits per heavy atom. The van der Waals surface area contributed by atoms with Crippen molar-refractivity contribution in [1.29, 1.82) is 0 Å². The molecule has 0 aliphatic rings. The van der Waals surface area contributed by atoms with Gasteiger partial charge >= 0.3 is 16.5 Å². The van der Waals surface area contributed by atoms with Crippen molar-refractivity contribution in [2.24, 2.45) is 0 Å². The number of isothiocyanates is 2. The van der Waals surface area contributed by atoms with Crippen LogP contribution in [0.3, 0.4) is 0 Å². The number of aliphatic hydroxyl groups excluding tert-OH is 1. The van der Waals surface area contributed by atoms with Crippen LogP contribution in [0, 0.1) is 0 Å². The zero-order chi connectivity index (χ0) is 26.7. The minimum atomic E-state index is 0. The van der Waals surface area contributed by atoms with E-state index < -0.39 is 0 Å². The van der Waals surface area contributed by atoms with Gasteiger partial charge in [-0.05, 0) is 71.8 Å². The van der Waals surface area contributed by atoms with Crippen LogP contribution in [-0.4, -0.2) is 42.5 Å². The molecule has 11 heteroatoms. The van der Waals surface area contributed by atoms with Crippen molar-refractivity contribution in [3.8, 4) is 0 Å². The maximum Gasteiger partial charge on any atom is 2.00 e. The Bertz CT molecular complexity index is 1010. The van der Waals surface area contributed by atoms with Gasteiger partial charge in [-0.3, -0.25) is 19.9 Å². The van der Waals surface area contributed by atoms with Crippen LogP contribution < -0.4 is 0 Å². The van der Waals surface area contributed by atoms with Crippen molar-refractivity contribution in [3.63, 3.8) is 0 Å². The van der Waals surface area contributed by atoms with Gasteiger partial charge in [0.2, 0.25) is 0 Å². The molecule has 0 radical (unpaired) electrons. The minimum Gasteiger partial charge on any atom is -0.753 e. The third kappa shape index (κ3) is 21.4. The van der Waals surface area contributed by atoms with Crippen molar-refractivity contribution in [2.45, 2.75) is 0 Å². The first-order valence-corrected chi connectivity index (χ1v) is 11.0. The summed E-state index contributed by atoms with van der Waals surface area (Å²) in [5.74, 6) is 0. The number of rotatable bonds is 4. The molecule has 4 N–H and O–H groups in total. The summed E-state index contributed by atoms with van der Waals surface area (Å²) < 4.78 is 0. The van der Waals surface area contributed by atoms with Gasteiger partial charge in [0.15, 0.2) is 0 Å². The summed E-state index contributed by atoms with van der Waals surface area (Å²) in [6.45, 7) is 0. The minimum absolute atomic E-state index is 0. The van der Waals surface area contributed by atoms with E-state index in [4.69, 9.17) is 15.9 Å². The van der Waals surface area contributed by atoms with Gasteiger partial charge in [0.25, 0.3) is 0 Å². The number of pyridine rings is 4. The van der Waals surface area contributed by atoms with Crippen LogP contribution in [0.4, 0.5) is 0 Å². The van der Waals surface area contributed by atoms with Gasteiger partial charge < -0.3 is 21.4 Å². The number of hydrogen-bond acceptors (Lipinski definition) is 7. The molecule has 4 heterocycles. The first-order chi connectivity index (χ1) is 17.7. The maximum absolute atomic E-state index is 7.13. The Kier molecular flexibility index (Phi) is 29.8. The van der Waals surface area contributed by atoms with E-state index in [1.807, 2.05) is 85.0 Å². The second-order valence-corrected chi connectivity index (χ2v) is 6.28. The molecule has 0 atom stereocenters. The zero-order valence-electron chi connectivity index (χ0n) is 20.4. The molecule has 38 heavy (non-hydrogen) atoms. The summed E-state index contributed by atoms with van der Waals surface area (Å²) in [6, 6.07) is 19.5. The van der Waals surface area contributed by atoms with E-state index >= 15 is 0 Å². The van der Waals surface area contributed by atoms with Gasteiger partial charge in [0.05, 0.1) is 11.4 Å². The monoisotopic (exact) mass is 589 g/mol. The Morgan fingerprint density at radius 2 is 0.921 bits per heavy atom. The average molecular weight is 590 g/mol. The predicted octanol–water partition coefficient (Wildman–Crippen LogP) is 5.30. The van der Waals surface area contributed by atoms with Crippen LogP contribution in [0.25, 0.3) is 35.1 Å². The van der Waals surface area contributed by atoms with E-state index in [2.05, 4.69) is 44.4 Å². The van der Waals surface area contributed by atoms with Gasteiger partial charge in [0, 0.05) is 44.3 Å². The van der Waals surface area contributed by atoms with Crippen LogP contribution in [-0.2, 0) is 22.0 Å². The van der Waals surface area contributed by atoms with E-state index in [1.165, 1.54) is 10.3 Å². The summed E-state index contributed by atoms with van der Waals surface area (Å²) in [5, 5.41) is 23.9. The Labute approximate surface area is 243 Å². The number of hydrogen-bond donors (Lipinski definition) is 1. The maximum atomic E-state index is 7.13. The van der Waals surface area contributed by atoms with Crippen molar-refractivity contribution in [3.05, 3.63) is 131 Å². The normalized spacial score (nSPS) is 8.37. The third-order valence-corrected chi connectivity index (χ3v) is 3.68. The summed E-state index contributed by atoms with van der Waals surface area (Å²) in [4.78, 5) is 16.3. The SMILES string of the molecule is C(=C\c1ccccn1)/c1ccncc1.C(=C\c1ccccn1)/c1ccncc1.CO.[N-]=C=S.[N-]=C=S.[Ni+2].[OH3+]. The fourth-order valence-electron chi connectivity index (χ4n) is 2.26. The van der Waals surface area contributed by atoms with E-state index in [1.54, 1.807) is 37.2 Å². The molecular weight excluding hydrogens is 563 g/mol.